The van der Waals surface area contributed by atoms with Gasteiger partial charge < -0.3 is 14.8 Å². The molecule has 2 rings (SSSR count). The second-order valence-corrected chi connectivity index (χ2v) is 7.13. The fourth-order valence-corrected chi connectivity index (χ4v) is 3.64. The van der Waals surface area contributed by atoms with E-state index in [-0.39, 0.29) is 36.0 Å². The molecule has 1 amide bonds. The molecule has 0 unspecified atom stereocenters. The number of hydrogen-bond donors (Lipinski definition) is 1. The molecule has 0 atom stereocenters. The Morgan fingerprint density at radius 3 is 2.54 bits per heavy atom. The third-order valence-corrected chi connectivity index (χ3v) is 5.17. The monoisotopic (exact) mass is 407 g/mol. The zero-order valence-electron chi connectivity index (χ0n) is 16.5. The number of anilines is 1. The van der Waals surface area contributed by atoms with Crippen LogP contribution in [0.15, 0.2) is 12.3 Å². The van der Waals surface area contributed by atoms with Crippen LogP contribution in [0.5, 0.6) is 0 Å². The molecule has 9 heteroatoms. The lowest BCUT2D eigenvalue weighted by Gasteiger charge is -2.08. The van der Waals surface area contributed by atoms with Crippen LogP contribution in [-0.4, -0.2) is 40.8 Å². The van der Waals surface area contributed by atoms with Crippen molar-refractivity contribution >= 4 is 34.2 Å². The highest BCUT2D eigenvalue weighted by molar-refractivity contribution is 7.18. The number of nitrogens with one attached hydrogen (secondary N) is 1. The highest BCUT2D eigenvalue weighted by Gasteiger charge is 2.27. The number of hydrogen-bond acceptors (Lipinski definition) is 7. The van der Waals surface area contributed by atoms with Crippen molar-refractivity contribution in [2.75, 3.05) is 18.5 Å². The van der Waals surface area contributed by atoms with Crippen LogP contribution in [0.25, 0.3) is 0 Å². The Morgan fingerprint density at radius 1 is 1.18 bits per heavy atom. The molecule has 0 fully saturated rings. The average Bonchev–Trinajstić information content (AvgIpc) is 3.21. The normalized spacial score (nSPS) is 10.6. The Morgan fingerprint density at radius 2 is 1.93 bits per heavy atom. The van der Waals surface area contributed by atoms with E-state index in [0.717, 1.165) is 17.0 Å². The van der Waals surface area contributed by atoms with Gasteiger partial charge in [0.25, 0.3) is 0 Å². The minimum absolute atomic E-state index is 0.178. The summed E-state index contributed by atoms with van der Waals surface area (Å²) in [5, 5.41) is 7.17. The molecule has 0 aromatic carbocycles. The van der Waals surface area contributed by atoms with Gasteiger partial charge in [0, 0.05) is 24.9 Å². The van der Waals surface area contributed by atoms with Crippen LogP contribution in [0.1, 0.15) is 58.0 Å². The predicted octanol–water partition coefficient (Wildman–Crippen LogP) is 3.33. The molecule has 28 heavy (non-hydrogen) atoms. The van der Waals surface area contributed by atoms with Gasteiger partial charge in [-0.05, 0) is 38.8 Å². The highest BCUT2D eigenvalue weighted by atomic mass is 32.1. The minimum Gasteiger partial charge on any atom is -0.462 e. The third-order valence-electron chi connectivity index (χ3n) is 3.98. The van der Waals surface area contributed by atoms with Crippen molar-refractivity contribution in [3.63, 3.8) is 0 Å². The summed E-state index contributed by atoms with van der Waals surface area (Å²) >= 11 is 1.02. The number of amides is 1. The first kappa shape index (κ1) is 21.6. The second kappa shape index (κ2) is 10.0. The van der Waals surface area contributed by atoms with E-state index in [0.29, 0.717) is 23.5 Å². The van der Waals surface area contributed by atoms with Crippen molar-refractivity contribution in [2.24, 2.45) is 0 Å². The molecule has 0 bridgehead atoms. The topological polar surface area (TPSA) is 99.5 Å². The third kappa shape index (κ3) is 5.19. The van der Waals surface area contributed by atoms with Gasteiger partial charge in [-0.2, -0.15) is 5.10 Å². The van der Waals surface area contributed by atoms with Gasteiger partial charge in [0.15, 0.2) is 0 Å². The molecule has 0 saturated carbocycles. The molecule has 0 aliphatic rings. The number of carbonyl (C=O) groups excluding carboxylic acids is 3. The minimum atomic E-state index is -0.565. The number of nitrogens with zero attached hydrogens (tertiary/aromatic N) is 2. The van der Waals surface area contributed by atoms with Crippen molar-refractivity contribution in [1.29, 1.82) is 0 Å². The average molecular weight is 407 g/mol. The van der Waals surface area contributed by atoms with Gasteiger partial charge in [-0.1, -0.05) is 6.92 Å². The summed E-state index contributed by atoms with van der Waals surface area (Å²) in [5.74, 6) is -1.37. The van der Waals surface area contributed by atoms with E-state index in [2.05, 4.69) is 10.4 Å². The van der Waals surface area contributed by atoms with Gasteiger partial charge in [0.05, 0.1) is 18.8 Å². The largest absolute Gasteiger partial charge is 0.462 e. The first-order valence-corrected chi connectivity index (χ1v) is 9.96. The number of aryl methyl sites for hydroxylation is 2. The van der Waals surface area contributed by atoms with Crippen LogP contribution in [0.4, 0.5) is 5.00 Å². The summed E-state index contributed by atoms with van der Waals surface area (Å²) < 4.78 is 12.0. The van der Waals surface area contributed by atoms with E-state index in [4.69, 9.17) is 9.47 Å². The van der Waals surface area contributed by atoms with Crippen molar-refractivity contribution < 1.29 is 23.9 Å². The first-order chi connectivity index (χ1) is 13.4. The van der Waals surface area contributed by atoms with Crippen molar-refractivity contribution in [3.05, 3.63) is 34.0 Å². The molecule has 0 aliphatic heterocycles. The maximum absolute atomic E-state index is 12.5. The van der Waals surface area contributed by atoms with Gasteiger partial charge in [-0.3, -0.25) is 9.48 Å². The molecule has 2 aromatic rings. The fourth-order valence-electron chi connectivity index (χ4n) is 2.54. The molecule has 0 saturated heterocycles. The summed E-state index contributed by atoms with van der Waals surface area (Å²) in [6.45, 7) is 8.03. The van der Waals surface area contributed by atoms with Crippen molar-refractivity contribution in [2.45, 2.75) is 47.1 Å². The SMILES string of the molecule is CCCOC(=O)c1c(NC(=O)CCn2nccc2C)sc(C(=O)OCC)c1C. The molecule has 0 spiro atoms. The summed E-state index contributed by atoms with van der Waals surface area (Å²) in [6, 6.07) is 1.86. The van der Waals surface area contributed by atoms with Gasteiger partial charge in [0.1, 0.15) is 9.88 Å². The van der Waals surface area contributed by atoms with Crippen molar-refractivity contribution in [1.82, 2.24) is 9.78 Å². The second-order valence-electron chi connectivity index (χ2n) is 6.11. The Kier molecular flexibility index (Phi) is 7.74. The number of ether oxygens (including phenoxy) is 2. The number of thiophene rings is 1. The van der Waals surface area contributed by atoms with Gasteiger partial charge in [-0.15, -0.1) is 11.3 Å². The number of esters is 2. The lowest BCUT2D eigenvalue weighted by molar-refractivity contribution is -0.116. The predicted molar refractivity (Wildman–Crippen MR) is 106 cm³/mol. The van der Waals surface area contributed by atoms with Gasteiger partial charge in [-0.25, -0.2) is 9.59 Å². The molecule has 0 aliphatic carbocycles. The first-order valence-electron chi connectivity index (χ1n) is 9.14. The quantitative estimate of drug-likeness (QED) is 0.640. The standard InChI is InChI=1S/C19H25N3O5S/c1-5-11-27-18(24)15-13(4)16(19(25)26-6-2)28-17(15)21-14(23)8-10-22-12(3)7-9-20-22/h7,9H,5-6,8,10-11H2,1-4H3,(H,21,23). The molecule has 2 aromatic heterocycles. The van der Waals surface area contributed by atoms with Crippen LogP contribution in [0.2, 0.25) is 0 Å². The Hall–Kier alpha value is -2.68. The molecule has 1 N–H and O–H groups in total. The van der Waals surface area contributed by atoms with Crippen LogP contribution in [0, 0.1) is 13.8 Å². The maximum Gasteiger partial charge on any atom is 0.348 e. The van der Waals surface area contributed by atoms with Gasteiger partial charge in [0.2, 0.25) is 5.91 Å². The fraction of sp³-hybridized carbons (Fsp3) is 0.474. The summed E-state index contributed by atoms with van der Waals surface area (Å²) in [5.41, 5.74) is 1.60. The van der Waals surface area contributed by atoms with Crippen LogP contribution in [-0.2, 0) is 20.8 Å². The Labute approximate surface area is 167 Å². The Balaban J connectivity index is 2.21. The number of carbonyl (C=O) groups is 3. The molecule has 2 heterocycles. The van der Waals surface area contributed by atoms with Gasteiger partial charge >= 0.3 is 11.9 Å². The molecular weight excluding hydrogens is 382 g/mol. The smallest absolute Gasteiger partial charge is 0.348 e. The van der Waals surface area contributed by atoms with E-state index >= 15 is 0 Å². The molecule has 152 valence electrons. The lowest BCUT2D eigenvalue weighted by atomic mass is 10.1. The van der Waals surface area contributed by atoms with Crippen LogP contribution < -0.4 is 5.32 Å². The number of rotatable bonds is 9. The highest BCUT2D eigenvalue weighted by Crippen LogP contribution is 2.34. The lowest BCUT2D eigenvalue weighted by Crippen LogP contribution is -2.17. The summed E-state index contributed by atoms with van der Waals surface area (Å²) in [6.07, 6.45) is 2.52. The summed E-state index contributed by atoms with van der Waals surface area (Å²) in [4.78, 5) is 37.4. The van der Waals surface area contributed by atoms with E-state index in [9.17, 15) is 14.4 Å². The van der Waals surface area contributed by atoms with E-state index in [1.807, 2.05) is 19.9 Å². The Bertz CT molecular complexity index is 856. The van der Waals surface area contributed by atoms with E-state index < -0.39 is 11.9 Å². The maximum atomic E-state index is 12.5. The summed E-state index contributed by atoms with van der Waals surface area (Å²) in [7, 11) is 0. The zero-order chi connectivity index (χ0) is 20.7. The van der Waals surface area contributed by atoms with Crippen molar-refractivity contribution in [3.8, 4) is 0 Å². The zero-order valence-corrected chi connectivity index (χ0v) is 17.4. The molecule has 0 radical (unpaired) electrons. The molecular formula is C19H25N3O5S. The molecule has 8 nitrogen and oxygen atoms in total. The van der Waals surface area contributed by atoms with E-state index in [1.165, 1.54) is 0 Å². The van der Waals surface area contributed by atoms with Crippen LogP contribution in [0.3, 0.4) is 0 Å². The van der Waals surface area contributed by atoms with Crippen LogP contribution >= 0.6 is 11.3 Å². The number of aromatic nitrogens is 2. The van der Waals surface area contributed by atoms with E-state index in [1.54, 1.807) is 24.7 Å².